The minimum absolute atomic E-state index is 0.00464. The molecule has 8 rings (SSSR count). The van der Waals surface area contributed by atoms with E-state index in [4.69, 9.17) is 20.0 Å². The van der Waals surface area contributed by atoms with Crippen LogP contribution in [0.2, 0.25) is 0 Å². The molecule has 24 heteroatoms. The van der Waals surface area contributed by atoms with Crippen LogP contribution >= 0.6 is 0 Å². The number of nitrogens with two attached hydrogens (primary N) is 1. The summed E-state index contributed by atoms with van der Waals surface area (Å²) < 4.78 is 92.2. The summed E-state index contributed by atoms with van der Waals surface area (Å²) in [6.07, 6.45) is -1.67. The number of anilines is 2. The number of urea groups is 1. The lowest BCUT2D eigenvalue weighted by atomic mass is 9.83. The molecule has 0 saturated carbocycles. The third kappa shape index (κ3) is 17.9. The van der Waals surface area contributed by atoms with Gasteiger partial charge in [-0.3, -0.25) is 29.1 Å². The van der Waals surface area contributed by atoms with E-state index in [9.17, 15) is 50.3 Å². The number of hydrogen-bond donors (Lipinski definition) is 7. The Balaban J connectivity index is 0.000000245. The Kier molecular flexibility index (Phi) is 21.8. The largest absolute Gasteiger partial charge is 0.457 e. The van der Waals surface area contributed by atoms with Gasteiger partial charge in [0, 0.05) is 88.0 Å². The van der Waals surface area contributed by atoms with E-state index in [1.807, 2.05) is 30.3 Å². The van der Waals surface area contributed by atoms with Crippen LogP contribution < -0.4 is 47.1 Å². The van der Waals surface area contributed by atoms with E-state index in [1.165, 1.54) is 56.8 Å². The van der Waals surface area contributed by atoms with Gasteiger partial charge in [-0.1, -0.05) is 12.1 Å². The average molecular weight is 1140 g/mol. The molecule has 0 fully saturated rings. The van der Waals surface area contributed by atoms with Gasteiger partial charge in [-0.25, -0.2) is 14.6 Å². The molecule has 6 amide bonds. The minimum atomic E-state index is -4.63. The maximum absolute atomic E-state index is 13.6. The van der Waals surface area contributed by atoms with Gasteiger partial charge >= 0.3 is 18.4 Å². The Morgan fingerprint density at radius 2 is 1.06 bits per heavy atom. The molecule has 2 unspecified atom stereocenters. The van der Waals surface area contributed by atoms with Gasteiger partial charge in [0.05, 0.1) is 11.1 Å². The molecule has 82 heavy (non-hydrogen) atoms. The fourth-order valence-corrected chi connectivity index (χ4v) is 8.80. The number of aliphatic imine (C=N–C) groups is 1. The molecule has 0 radical (unpaired) electrons. The number of carbonyl (C=O) groups excluding carboxylic acids is 6. The molecule has 0 aliphatic heterocycles. The number of halogens is 6. The van der Waals surface area contributed by atoms with Crippen LogP contribution in [0.15, 0.2) is 114 Å². The fourth-order valence-electron chi connectivity index (χ4n) is 8.80. The topological polar surface area (TPSA) is 257 Å². The van der Waals surface area contributed by atoms with E-state index in [1.54, 1.807) is 32.0 Å². The summed E-state index contributed by atoms with van der Waals surface area (Å²) in [5, 5.41) is 15.3. The molecule has 6 aromatic rings. The highest BCUT2D eigenvalue weighted by molar-refractivity contribution is 5.94. The van der Waals surface area contributed by atoms with Crippen molar-refractivity contribution >= 4 is 47.1 Å². The van der Waals surface area contributed by atoms with Crippen molar-refractivity contribution in [1.29, 1.82) is 0 Å². The first-order valence-corrected chi connectivity index (χ1v) is 25.9. The smallest absolute Gasteiger partial charge is 0.416 e. The Hall–Kier alpha value is -9.15. The first-order valence-electron chi connectivity index (χ1n) is 25.9. The van der Waals surface area contributed by atoms with Crippen molar-refractivity contribution in [2.24, 2.45) is 22.6 Å². The van der Waals surface area contributed by atoms with E-state index in [-0.39, 0.29) is 64.7 Å². The molecule has 432 valence electrons. The number of alkyl halides is 6. The summed E-state index contributed by atoms with van der Waals surface area (Å²) in [6.45, 7) is 4.21. The summed E-state index contributed by atoms with van der Waals surface area (Å²) in [7, 11) is 3.02. The molecule has 2 aliphatic rings. The van der Waals surface area contributed by atoms with Crippen molar-refractivity contribution < 1.29 is 64.6 Å². The second kappa shape index (κ2) is 28.8. The molecular formula is C58H60F6N10O8. The molecule has 0 bridgehead atoms. The average Bonchev–Trinajstić information content (AvgIpc) is 3.49. The highest BCUT2D eigenvalue weighted by Gasteiger charge is 2.34. The molecule has 2 aliphatic carbocycles. The van der Waals surface area contributed by atoms with Crippen LogP contribution in [0.4, 0.5) is 42.5 Å². The number of carbonyl (C=O) groups is 5. The Morgan fingerprint density at radius 3 is 1.46 bits per heavy atom. The molecule has 4 aromatic carbocycles. The molecule has 8 N–H and O–H groups in total. The summed E-state index contributed by atoms with van der Waals surface area (Å²) in [4.78, 5) is 81.8. The molecule has 2 heterocycles. The van der Waals surface area contributed by atoms with Gasteiger partial charge in [0.2, 0.25) is 17.9 Å². The van der Waals surface area contributed by atoms with Crippen molar-refractivity contribution in [1.82, 2.24) is 31.2 Å². The second-order valence-corrected chi connectivity index (χ2v) is 18.7. The van der Waals surface area contributed by atoms with E-state index in [2.05, 4.69) is 46.9 Å². The van der Waals surface area contributed by atoms with Crippen molar-refractivity contribution in [3.63, 3.8) is 0 Å². The van der Waals surface area contributed by atoms with Gasteiger partial charge in [-0.05, 0) is 159 Å². The predicted molar refractivity (Wildman–Crippen MR) is 292 cm³/mol. The Bertz CT molecular complexity index is 3320. The predicted octanol–water partition coefficient (Wildman–Crippen LogP) is 9.61. The molecule has 0 saturated heterocycles. The number of ether oxygens (including phenoxy) is 2. The zero-order valence-corrected chi connectivity index (χ0v) is 45.1. The quantitative estimate of drug-likeness (QED) is 0.0289. The van der Waals surface area contributed by atoms with Crippen molar-refractivity contribution in [2.45, 2.75) is 77.8 Å². The van der Waals surface area contributed by atoms with Crippen molar-refractivity contribution in [3.8, 4) is 23.0 Å². The van der Waals surface area contributed by atoms with Crippen LogP contribution in [-0.4, -0.2) is 72.9 Å². The number of rotatable bonds is 15. The third-order valence-corrected chi connectivity index (χ3v) is 12.8. The number of hydrogen-bond acceptors (Lipinski definition) is 12. The number of benzene rings is 4. The van der Waals surface area contributed by atoms with E-state index >= 15 is 0 Å². The van der Waals surface area contributed by atoms with Gasteiger partial charge in [0.25, 0.3) is 11.8 Å². The standard InChI is InChI=1S/C29H30F3N5O4.C26H25F3N4O3.C3H5NO/c1-3-34-28(40)36-16-17-10-21(29(30,31)32)14-22(11-17)37-26(38)19-5-4-18-6-7-23(13-20(18)12-19)41-24-8-9-35-25(15-24)27(39)33-2;1-31-25(35)23-13-22(6-7-32-23)36-21-5-4-16-2-3-17(10-18(16)11-21)24(34)33-20-9-15(14-30)8-19(12-20)26(27,28)29;1-2-4-3-5/h6-11,13-15,19H,3-5,12,16H2,1-2H3,(H,33,39)(H,37,38)(H2,34,36,40);4-9,11-13,17H,2-3,10,14,30H2,1H3,(H,31,35)(H,33,34);2H2,1H3. The maximum Gasteiger partial charge on any atom is 0.416 e. The van der Waals surface area contributed by atoms with Gasteiger partial charge in [-0.2, -0.15) is 26.3 Å². The van der Waals surface area contributed by atoms with Crippen LogP contribution in [0.25, 0.3) is 0 Å². The Labute approximate surface area is 468 Å². The van der Waals surface area contributed by atoms with E-state index in [0.29, 0.717) is 74.6 Å². The number of fused-ring (bicyclic) bond motifs is 2. The number of pyridine rings is 2. The van der Waals surface area contributed by atoms with Crippen LogP contribution in [-0.2, 0) is 65.5 Å². The zero-order chi connectivity index (χ0) is 59.6. The third-order valence-electron chi connectivity index (χ3n) is 12.8. The number of aromatic nitrogens is 2. The summed E-state index contributed by atoms with van der Waals surface area (Å²) in [5.74, 6) is -0.392. The first kappa shape index (κ1) is 62.1. The number of isocyanates is 1. The van der Waals surface area contributed by atoms with Crippen molar-refractivity contribution in [3.05, 3.63) is 165 Å². The van der Waals surface area contributed by atoms with Gasteiger partial charge in [-0.15, -0.1) is 0 Å². The summed E-state index contributed by atoms with van der Waals surface area (Å²) >= 11 is 0. The van der Waals surface area contributed by atoms with E-state index < -0.39 is 47.3 Å². The SMILES string of the molecule is CCN=C=O.CCNC(=O)NCc1cc(NC(=O)C2CCc3ccc(Oc4ccnc(C(=O)NC)c4)cc3C2)cc(C(F)(F)F)c1.CNC(=O)c1cc(Oc2ccc3c(c2)CC(C(=O)Nc2cc(CN)cc(C(F)(F)F)c2)CC3)ccn1. The summed E-state index contributed by atoms with van der Waals surface area (Å²) in [5.41, 5.74) is 8.71. The van der Waals surface area contributed by atoms with Crippen LogP contribution in [0.1, 0.15) is 92.2 Å². The monoisotopic (exact) mass is 1140 g/mol. The normalized spacial score (nSPS) is 14.2. The van der Waals surface area contributed by atoms with Crippen LogP contribution in [0.3, 0.4) is 0 Å². The van der Waals surface area contributed by atoms with E-state index in [0.717, 1.165) is 46.5 Å². The first-order chi connectivity index (χ1) is 39.1. The molecule has 18 nitrogen and oxygen atoms in total. The Morgan fingerprint density at radius 1 is 0.610 bits per heavy atom. The molecular weight excluding hydrogens is 1080 g/mol. The van der Waals surface area contributed by atoms with Crippen molar-refractivity contribution in [2.75, 3.05) is 37.8 Å². The fraction of sp³-hybridized carbons (Fsp3) is 0.310. The molecule has 2 atom stereocenters. The zero-order valence-electron chi connectivity index (χ0n) is 45.1. The highest BCUT2D eigenvalue weighted by Crippen LogP contribution is 2.37. The van der Waals surface area contributed by atoms with Crippen LogP contribution in [0.5, 0.6) is 23.0 Å². The van der Waals surface area contributed by atoms with Gasteiger partial charge in [0.1, 0.15) is 34.4 Å². The number of aryl methyl sites for hydroxylation is 2. The molecule has 0 spiro atoms. The van der Waals surface area contributed by atoms with Gasteiger partial charge in [0.15, 0.2) is 0 Å². The lowest BCUT2D eigenvalue weighted by molar-refractivity contribution is -0.138. The number of nitrogens with zero attached hydrogens (tertiary/aromatic N) is 3. The number of amides is 6. The summed E-state index contributed by atoms with van der Waals surface area (Å²) in [6, 6.07) is 23.5. The molecule has 2 aromatic heterocycles. The number of nitrogens with one attached hydrogen (secondary N) is 6. The highest BCUT2D eigenvalue weighted by atomic mass is 19.4. The van der Waals surface area contributed by atoms with Gasteiger partial charge < -0.3 is 47.1 Å². The van der Waals surface area contributed by atoms with Crippen LogP contribution in [0, 0.1) is 11.8 Å². The lowest BCUT2D eigenvalue weighted by Gasteiger charge is -2.25. The minimum Gasteiger partial charge on any atom is -0.457 e. The lowest BCUT2D eigenvalue weighted by Crippen LogP contribution is -2.34. The second-order valence-electron chi connectivity index (χ2n) is 18.7. The maximum atomic E-state index is 13.6.